The summed E-state index contributed by atoms with van der Waals surface area (Å²) >= 11 is 0.120. The smallest absolute Gasteiger partial charge is 1.00 e. The van der Waals surface area contributed by atoms with Gasteiger partial charge in [0.2, 0.25) is 0 Å². The van der Waals surface area contributed by atoms with Gasteiger partial charge in [-0.1, -0.05) is 12.9 Å². The first kappa shape index (κ1) is 18.0. The molecule has 0 spiro atoms. The van der Waals surface area contributed by atoms with Crippen molar-refractivity contribution in [3.63, 3.8) is 0 Å². The van der Waals surface area contributed by atoms with E-state index in [1.165, 1.54) is 0 Å². The fourth-order valence-corrected chi connectivity index (χ4v) is 2.94. The van der Waals surface area contributed by atoms with Gasteiger partial charge in [0.05, 0.1) is 0 Å². The number of halogens is 2. The van der Waals surface area contributed by atoms with Crippen LogP contribution in [0.2, 0.25) is 0 Å². The molecule has 6 heteroatoms. The number of hydrogen-bond donors (Lipinski definition) is 0. The highest BCUT2D eigenvalue weighted by molar-refractivity contribution is 7.90. The molecule has 0 fully saturated rings. The van der Waals surface area contributed by atoms with Crippen LogP contribution in [0.5, 0.6) is 0 Å². The summed E-state index contributed by atoms with van der Waals surface area (Å²) in [5.41, 5.74) is 0. The lowest BCUT2D eigenvalue weighted by Gasteiger charge is -2.20. The molecule has 0 heterocycles. The summed E-state index contributed by atoms with van der Waals surface area (Å²) in [7, 11) is 12.5. The third-order valence-corrected chi connectivity index (χ3v) is 2.94. The van der Waals surface area contributed by atoms with Crippen molar-refractivity contribution in [3.05, 3.63) is 0 Å². The topological polar surface area (TPSA) is 9.72 Å². The van der Waals surface area contributed by atoms with Crippen LogP contribution in [0.25, 0.3) is 0 Å². The molecule has 0 aliphatic rings. The Kier molecular flexibility index (Phi) is 11.6. The summed E-state index contributed by atoms with van der Waals surface area (Å²) in [5.74, 6) is 0. The van der Waals surface area contributed by atoms with E-state index in [9.17, 15) is 0 Å². The van der Waals surface area contributed by atoms with E-state index < -0.39 is 0 Å². The van der Waals surface area contributed by atoms with Crippen molar-refractivity contribution in [1.29, 1.82) is 0 Å². The van der Waals surface area contributed by atoms with Crippen LogP contribution in [0.15, 0.2) is 0 Å². The van der Waals surface area contributed by atoms with Gasteiger partial charge < -0.3 is 9.41 Å². The van der Waals surface area contributed by atoms with Crippen molar-refractivity contribution in [2.75, 3.05) is 42.3 Å². The van der Waals surface area contributed by atoms with Crippen molar-refractivity contribution in [2.24, 2.45) is 0 Å². The SMILES string of the molecule is CN(C)[S+](N(C)C)N(C)C.[F-].[F-].[H+]. The van der Waals surface area contributed by atoms with Crippen molar-refractivity contribution in [3.8, 4) is 0 Å². The number of hydrogen-bond acceptors (Lipinski definition) is 3. The van der Waals surface area contributed by atoms with Crippen LogP contribution in [0.1, 0.15) is 1.43 Å². The minimum Gasteiger partial charge on any atom is -1.00 e. The van der Waals surface area contributed by atoms with Crippen LogP contribution in [0.4, 0.5) is 0 Å². The third kappa shape index (κ3) is 5.70. The van der Waals surface area contributed by atoms with Gasteiger partial charge in [0.1, 0.15) is 0 Å². The first-order chi connectivity index (χ1) is 4.46. The second-order valence-electron chi connectivity index (χ2n) is 2.68. The minimum absolute atomic E-state index is 0. The van der Waals surface area contributed by atoms with Crippen LogP contribution in [-0.2, 0) is 11.5 Å². The predicted molar refractivity (Wildman–Crippen MR) is 49.5 cm³/mol. The van der Waals surface area contributed by atoms with Crippen LogP contribution in [0, 0.1) is 0 Å². The Hall–Kier alpha value is 0.0900. The molecule has 0 rings (SSSR count). The molecule has 0 aliphatic heterocycles. The first-order valence-corrected chi connectivity index (χ1v) is 4.33. The Morgan fingerprint density at radius 3 is 0.833 bits per heavy atom. The van der Waals surface area contributed by atoms with Crippen LogP contribution in [0.3, 0.4) is 0 Å². The molecule has 0 radical (unpaired) electrons. The van der Waals surface area contributed by atoms with E-state index in [0.717, 1.165) is 0 Å². The number of rotatable bonds is 3. The highest BCUT2D eigenvalue weighted by Gasteiger charge is 2.29. The quantitative estimate of drug-likeness (QED) is 0.423. The Labute approximate surface area is 78.3 Å². The van der Waals surface area contributed by atoms with E-state index in [1.54, 1.807) is 0 Å². The summed E-state index contributed by atoms with van der Waals surface area (Å²) in [5, 5.41) is 0. The third-order valence-electron chi connectivity index (χ3n) is 0.980. The average molecular weight is 203 g/mol. The van der Waals surface area contributed by atoms with Crippen molar-refractivity contribution < 1.29 is 10.8 Å². The highest BCUT2D eigenvalue weighted by Crippen LogP contribution is 2.05. The van der Waals surface area contributed by atoms with E-state index in [1.807, 2.05) is 0 Å². The standard InChI is InChI=1S/C6H18N3S.2FH/c1-7(2)10(8(3)4)9(5)6;;/h1-6H3;2*1H/q+1;;/p-1. The predicted octanol–water partition coefficient (Wildman–Crippen LogP) is -5.84. The molecule has 0 atom stereocenters. The molecule has 12 heavy (non-hydrogen) atoms. The molecule has 0 unspecified atom stereocenters. The molecule has 0 N–H and O–H groups in total. The summed E-state index contributed by atoms with van der Waals surface area (Å²) in [6.07, 6.45) is 0. The summed E-state index contributed by atoms with van der Waals surface area (Å²) in [6.45, 7) is 0. The van der Waals surface area contributed by atoms with Gasteiger partial charge in [-0.2, -0.15) is 0 Å². The molecule has 3 nitrogen and oxygen atoms in total. The van der Waals surface area contributed by atoms with Crippen molar-refractivity contribution in [1.82, 2.24) is 12.9 Å². The lowest BCUT2D eigenvalue weighted by molar-refractivity contribution is -0.00100. The zero-order chi connectivity index (χ0) is 8.31. The molecule has 0 saturated carbocycles. The average Bonchev–Trinajstić information content (AvgIpc) is 1.59. The van der Waals surface area contributed by atoms with Crippen LogP contribution >= 0.6 is 0 Å². The van der Waals surface area contributed by atoms with Gasteiger partial charge in [-0.25, -0.2) is 0 Å². The van der Waals surface area contributed by atoms with Gasteiger partial charge in [-0.15, -0.1) is 0 Å². The molecule has 0 aromatic carbocycles. The lowest BCUT2D eigenvalue weighted by Crippen LogP contribution is -3.00. The maximum absolute atomic E-state index is 2.19. The maximum Gasteiger partial charge on any atom is 1.00 e. The second-order valence-corrected chi connectivity index (χ2v) is 5.36. The Balaban J connectivity index is -0.000000135. The fourth-order valence-electron chi connectivity index (χ4n) is 0.980. The molecule has 0 aromatic heterocycles. The Bertz CT molecular complexity index is 86.9. The maximum atomic E-state index is 2.19. The molecular weight excluding hydrogens is 184 g/mol. The van der Waals surface area contributed by atoms with E-state index >= 15 is 0 Å². The van der Waals surface area contributed by atoms with E-state index in [2.05, 4.69) is 55.2 Å². The highest BCUT2D eigenvalue weighted by atomic mass is 32.2. The molecule has 0 saturated heterocycles. The first-order valence-electron chi connectivity index (χ1n) is 3.23. The Morgan fingerprint density at radius 1 is 0.667 bits per heavy atom. The van der Waals surface area contributed by atoms with Crippen LogP contribution < -0.4 is 9.41 Å². The largest absolute Gasteiger partial charge is 1.00 e. The molecule has 78 valence electrons. The number of nitrogens with zero attached hydrogens (tertiary/aromatic N) is 3. The normalized spacial score (nSPS) is 10.5. The lowest BCUT2D eigenvalue weighted by atomic mass is 11.2. The summed E-state index contributed by atoms with van der Waals surface area (Å²) in [4.78, 5) is 0. The van der Waals surface area contributed by atoms with E-state index in [4.69, 9.17) is 0 Å². The van der Waals surface area contributed by atoms with Crippen LogP contribution in [-0.4, -0.2) is 55.2 Å². The van der Waals surface area contributed by atoms with Gasteiger partial charge >= 0.3 is 1.43 Å². The zero-order valence-electron chi connectivity index (χ0n) is 9.51. The van der Waals surface area contributed by atoms with Gasteiger partial charge in [0, 0.05) is 42.3 Å². The van der Waals surface area contributed by atoms with E-state index in [0.29, 0.717) is 0 Å². The summed E-state index contributed by atoms with van der Waals surface area (Å²) in [6, 6.07) is 0. The van der Waals surface area contributed by atoms with Gasteiger partial charge in [-0.3, -0.25) is 0 Å². The monoisotopic (exact) mass is 203 g/mol. The molecule has 0 aromatic rings. The fraction of sp³-hybridized carbons (Fsp3) is 1.00. The van der Waals surface area contributed by atoms with Crippen molar-refractivity contribution >= 4 is 11.5 Å². The minimum atomic E-state index is 0. The molecule has 0 aliphatic carbocycles. The van der Waals surface area contributed by atoms with Crippen molar-refractivity contribution in [2.45, 2.75) is 0 Å². The van der Waals surface area contributed by atoms with E-state index in [-0.39, 0.29) is 22.3 Å². The van der Waals surface area contributed by atoms with Gasteiger partial charge in [0.15, 0.2) is 0 Å². The molecule has 0 amide bonds. The summed E-state index contributed by atoms with van der Waals surface area (Å²) < 4.78 is 6.58. The van der Waals surface area contributed by atoms with Gasteiger partial charge in [-0.05, 0) is 0 Å². The molecular formula is C6H19F2N3S. The zero-order valence-corrected chi connectivity index (χ0v) is 9.32. The second kappa shape index (κ2) is 7.72. The van der Waals surface area contributed by atoms with Gasteiger partial charge in [0.25, 0.3) is 11.5 Å². The Morgan fingerprint density at radius 2 is 0.833 bits per heavy atom. The molecule has 0 bridgehead atoms.